The molecule has 70 heavy (non-hydrogen) atoms. The van der Waals surface area contributed by atoms with Gasteiger partial charge in [-0.3, -0.25) is 19.2 Å². The van der Waals surface area contributed by atoms with Crippen molar-refractivity contribution >= 4 is 23.6 Å². The Morgan fingerprint density at radius 1 is 0.629 bits per heavy atom. The maximum absolute atomic E-state index is 14.2. The van der Waals surface area contributed by atoms with Crippen LogP contribution in [-0.4, -0.2) is 163 Å². The fourth-order valence-electron chi connectivity index (χ4n) is 7.94. The van der Waals surface area contributed by atoms with E-state index < -0.39 is 36.4 Å². The highest BCUT2D eigenvalue weighted by Gasteiger charge is 2.40. The highest BCUT2D eigenvalue weighted by molar-refractivity contribution is 5.91. The van der Waals surface area contributed by atoms with Gasteiger partial charge in [0.2, 0.25) is 23.6 Å². The van der Waals surface area contributed by atoms with Crippen LogP contribution >= 0.6 is 0 Å². The average Bonchev–Trinajstić information content (AvgIpc) is 4.23. The zero-order chi connectivity index (χ0) is 49.8. The molecular weight excluding hydrogens is 901 g/mol. The van der Waals surface area contributed by atoms with Crippen molar-refractivity contribution in [1.29, 1.82) is 0 Å². The quantitative estimate of drug-likeness (QED) is 0.0699. The van der Waals surface area contributed by atoms with E-state index in [1.807, 2.05) is 60.7 Å². The van der Waals surface area contributed by atoms with E-state index in [1.54, 1.807) is 61.0 Å². The van der Waals surface area contributed by atoms with Crippen LogP contribution < -0.4 is 30.7 Å². The molecular formula is C48H64N14O8. The molecule has 0 radical (unpaired) electrons. The van der Waals surface area contributed by atoms with Gasteiger partial charge < -0.3 is 50.0 Å². The van der Waals surface area contributed by atoms with Crippen molar-refractivity contribution in [2.75, 3.05) is 40.4 Å². The second-order valence-electron chi connectivity index (χ2n) is 17.1. The Morgan fingerprint density at radius 3 is 1.41 bits per heavy atom. The van der Waals surface area contributed by atoms with Crippen molar-refractivity contribution < 1.29 is 38.1 Å². The molecule has 6 rings (SSSR count). The summed E-state index contributed by atoms with van der Waals surface area (Å²) in [6.45, 7) is 8.77. The number of rotatable bonds is 24. The second kappa shape index (κ2) is 26.7. The van der Waals surface area contributed by atoms with E-state index in [-0.39, 0.29) is 74.2 Å². The Hall–Kier alpha value is -6.98. The Morgan fingerprint density at radius 2 is 1.03 bits per heavy atom. The molecule has 4 N–H and O–H groups in total. The van der Waals surface area contributed by atoms with Crippen LogP contribution in [0.25, 0.3) is 0 Å². The van der Waals surface area contributed by atoms with Crippen molar-refractivity contribution in [3.8, 4) is 35.7 Å². The summed E-state index contributed by atoms with van der Waals surface area (Å²) in [5, 5.41) is 35.5. The number of hydrogen-bond donors (Lipinski definition) is 4. The first-order chi connectivity index (χ1) is 34.0. The van der Waals surface area contributed by atoms with Gasteiger partial charge in [0.15, 0.2) is 0 Å². The standard InChI is InChI=1S/C48H64N14O8/c1-33(49-5)43(63)51-41(45(65)59-25-17-23-39(59)29-61-47(53-55-57-61)69-31-37-19-11-9-12-20-37)35(3)67-27-15-7-8-16-28-68-36(4)42(52-44(64)34(2)50-6)46(66)60-26-18-24-40(60)30-62-48(54-56-58-62)70-32-38-21-13-10-14-22-38/h9-14,19-22,33-36,39-42,49-50H,17-18,23-32H2,1-6H3,(H,51,63)(H,52,64)/t33-,34-,35+,36+,39-,40-,41-,42-/m0/s1. The van der Waals surface area contributed by atoms with Crippen molar-refractivity contribution in [2.45, 2.75) is 128 Å². The number of nitrogens with zero attached hydrogens (tertiary/aromatic N) is 10. The molecule has 0 saturated carbocycles. The van der Waals surface area contributed by atoms with Gasteiger partial charge in [0.1, 0.15) is 38.5 Å². The van der Waals surface area contributed by atoms with Gasteiger partial charge in [0.05, 0.1) is 49.5 Å². The molecule has 374 valence electrons. The number of tetrazole rings is 2. The molecule has 0 unspecified atom stereocenters. The number of likely N-dealkylation sites (tertiary alicyclic amines) is 2. The molecule has 22 nitrogen and oxygen atoms in total. The average molecular weight is 965 g/mol. The van der Waals surface area contributed by atoms with Crippen LogP contribution in [0.3, 0.4) is 0 Å². The molecule has 4 amide bonds. The van der Waals surface area contributed by atoms with Gasteiger partial charge in [0, 0.05) is 13.1 Å². The van der Waals surface area contributed by atoms with Crippen LogP contribution in [0.1, 0.15) is 64.5 Å². The third-order valence-electron chi connectivity index (χ3n) is 12.3. The predicted molar refractivity (Wildman–Crippen MR) is 254 cm³/mol. The summed E-state index contributed by atoms with van der Waals surface area (Å²) in [4.78, 5) is 58.2. The van der Waals surface area contributed by atoms with Crippen LogP contribution in [0.2, 0.25) is 0 Å². The number of carbonyl (C=O) groups excluding carboxylic acids is 4. The van der Waals surface area contributed by atoms with Crippen LogP contribution in [0.5, 0.6) is 12.0 Å². The topological polar surface area (TPSA) is 247 Å². The number of hydrogen-bond acceptors (Lipinski definition) is 16. The lowest BCUT2D eigenvalue weighted by Crippen LogP contribution is -2.58. The minimum absolute atomic E-state index is 0.0843. The number of benzene rings is 2. The second-order valence-corrected chi connectivity index (χ2v) is 17.1. The number of ether oxygens (including phenoxy) is 4. The molecule has 0 bridgehead atoms. The maximum atomic E-state index is 14.2. The first-order valence-electron chi connectivity index (χ1n) is 23.6. The number of likely N-dealkylation sites (N-methyl/N-ethyl adjacent to an activating group) is 2. The molecule has 0 spiro atoms. The Balaban J connectivity index is 1.03. The lowest BCUT2D eigenvalue weighted by Gasteiger charge is -2.32. The number of amides is 4. The van der Waals surface area contributed by atoms with E-state index in [0.717, 1.165) is 24.0 Å². The summed E-state index contributed by atoms with van der Waals surface area (Å²) in [7, 11) is 3.32. The molecule has 2 fully saturated rings. The van der Waals surface area contributed by atoms with E-state index in [1.165, 1.54) is 0 Å². The molecule has 2 aliphatic heterocycles. The van der Waals surface area contributed by atoms with Crippen LogP contribution in [-0.2, 0) is 55.0 Å². The summed E-state index contributed by atoms with van der Waals surface area (Å²) in [6, 6.07) is 16.1. The number of carbonyl (C=O) groups is 4. The van der Waals surface area contributed by atoms with Gasteiger partial charge >= 0.3 is 12.0 Å². The number of nitrogens with one attached hydrogen (secondary N) is 4. The Kier molecular flexibility index (Phi) is 20.0. The zero-order valence-electron chi connectivity index (χ0n) is 40.6. The summed E-state index contributed by atoms with van der Waals surface area (Å²) >= 11 is 0. The summed E-state index contributed by atoms with van der Waals surface area (Å²) < 4.78 is 26.9. The highest BCUT2D eigenvalue weighted by atomic mass is 16.5. The molecule has 8 atom stereocenters. The normalized spacial score (nSPS) is 18.0. The third-order valence-corrected chi connectivity index (χ3v) is 12.3. The van der Waals surface area contributed by atoms with Gasteiger partial charge in [-0.15, -0.1) is 0 Å². The largest absolute Gasteiger partial charge is 0.458 e. The van der Waals surface area contributed by atoms with Crippen molar-refractivity contribution in [3.05, 3.63) is 71.8 Å². The van der Waals surface area contributed by atoms with Gasteiger partial charge in [-0.2, -0.15) is 9.36 Å². The summed E-state index contributed by atoms with van der Waals surface area (Å²) in [5.41, 5.74) is 1.92. The smallest absolute Gasteiger partial charge is 0.335 e. The first-order valence-corrected chi connectivity index (χ1v) is 23.6. The lowest BCUT2D eigenvalue weighted by molar-refractivity contribution is -0.142. The molecule has 4 heterocycles. The summed E-state index contributed by atoms with van der Waals surface area (Å²) in [6.07, 6.45) is 1.39. The zero-order valence-corrected chi connectivity index (χ0v) is 40.6. The van der Waals surface area contributed by atoms with Gasteiger partial charge in [0.25, 0.3) is 0 Å². The van der Waals surface area contributed by atoms with Crippen molar-refractivity contribution in [1.82, 2.24) is 71.5 Å². The first kappa shape index (κ1) is 52.4. The van der Waals surface area contributed by atoms with Crippen molar-refractivity contribution in [3.63, 3.8) is 0 Å². The molecule has 0 aliphatic carbocycles. The van der Waals surface area contributed by atoms with E-state index in [0.29, 0.717) is 39.0 Å². The SMILES string of the molecule is CN[C@@H](C)C(=O)N[C@H](C(=O)N1CCC[C@H]1Cn1nnnc1OCc1ccccc1)[C@@H](C)OCC#CC#CCO[C@H](C)[C@H](NC(=O)[C@H](C)NC)C(=O)N1CCC[C@H]1Cn1nnnc1OCc1ccccc1. The minimum atomic E-state index is -1.02. The van der Waals surface area contributed by atoms with E-state index in [2.05, 4.69) is 76.0 Å². The monoisotopic (exact) mass is 965 g/mol. The van der Waals surface area contributed by atoms with Crippen LogP contribution in [0.15, 0.2) is 60.7 Å². The molecule has 22 heteroatoms. The van der Waals surface area contributed by atoms with Crippen LogP contribution in [0, 0.1) is 23.7 Å². The van der Waals surface area contributed by atoms with Crippen molar-refractivity contribution in [2.24, 2.45) is 0 Å². The Labute approximate surface area is 408 Å². The maximum Gasteiger partial charge on any atom is 0.335 e. The van der Waals surface area contributed by atoms with Gasteiger partial charge in [-0.05, 0) is 111 Å². The van der Waals surface area contributed by atoms with Gasteiger partial charge in [-0.1, -0.05) is 82.7 Å². The highest BCUT2D eigenvalue weighted by Crippen LogP contribution is 2.24. The Bertz CT molecular complexity index is 2270. The fourth-order valence-corrected chi connectivity index (χ4v) is 7.94. The minimum Gasteiger partial charge on any atom is -0.458 e. The van der Waals surface area contributed by atoms with Gasteiger partial charge in [-0.25, -0.2) is 0 Å². The van der Waals surface area contributed by atoms with E-state index in [9.17, 15) is 19.2 Å². The summed E-state index contributed by atoms with van der Waals surface area (Å²) in [5.74, 6) is 9.85. The molecule has 2 saturated heterocycles. The van der Waals surface area contributed by atoms with E-state index >= 15 is 0 Å². The fraction of sp³-hybridized carbons (Fsp3) is 0.542. The molecule has 4 aromatic rings. The predicted octanol–water partition coefficient (Wildman–Crippen LogP) is 0.502. The molecule has 2 aliphatic rings. The van der Waals surface area contributed by atoms with E-state index in [4.69, 9.17) is 18.9 Å². The number of aromatic nitrogens is 8. The lowest BCUT2D eigenvalue weighted by atomic mass is 10.1. The van der Waals surface area contributed by atoms with Crippen LogP contribution in [0.4, 0.5) is 0 Å². The third kappa shape index (κ3) is 14.8. The molecule has 2 aromatic heterocycles. The molecule has 2 aromatic carbocycles.